The van der Waals surface area contributed by atoms with Crippen molar-refractivity contribution in [1.82, 2.24) is 14.7 Å². The minimum absolute atomic E-state index is 0.286. The van der Waals surface area contributed by atoms with Crippen LogP contribution in [0.5, 0.6) is 11.5 Å². The SMILES string of the molecule is CCOc1ccc(CCNC(=O)c2c(C)nc3ccc(F)cn23)cc1OCC. The second-order valence-electron chi connectivity index (χ2n) is 6.27. The molecule has 3 rings (SSSR count). The number of imidazole rings is 1. The minimum atomic E-state index is -0.420. The Morgan fingerprint density at radius 2 is 1.89 bits per heavy atom. The summed E-state index contributed by atoms with van der Waals surface area (Å²) >= 11 is 0. The molecule has 0 aliphatic carbocycles. The average Bonchev–Trinajstić information content (AvgIpc) is 2.99. The average molecular weight is 385 g/mol. The number of nitrogens with one attached hydrogen (secondary N) is 1. The first-order valence-corrected chi connectivity index (χ1v) is 9.34. The van der Waals surface area contributed by atoms with Crippen LogP contribution in [0.15, 0.2) is 36.5 Å². The molecule has 6 nitrogen and oxygen atoms in total. The van der Waals surface area contributed by atoms with Crippen molar-refractivity contribution in [2.75, 3.05) is 19.8 Å². The summed E-state index contributed by atoms with van der Waals surface area (Å²) in [6.45, 7) is 7.12. The van der Waals surface area contributed by atoms with Crippen LogP contribution in [0.2, 0.25) is 0 Å². The van der Waals surface area contributed by atoms with Gasteiger partial charge in [0.1, 0.15) is 17.2 Å². The Morgan fingerprint density at radius 3 is 2.64 bits per heavy atom. The maximum absolute atomic E-state index is 13.5. The summed E-state index contributed by atoms with van der Waals surface area (Å²) in [5.41, 5.74) is 2.46. The zero-order chi connectivity index (χ0) is 20.1. The first-order valence-electron chi connectivity index (χ1n) is 9.34. The molecule has 0 bridgehead atoms. The fraction of sp³-hybridized carbons (Fsp3) is 0.333. The van der Waals surface area contributed by atoms with Crippen LogP contribution in [0, 0.1) is 12.7 Å². The number of pyridine rings is 1. The van der Waals surface area contributed by atoms with Gasteiger partial charge >= 0.3 is 0 Å². The summed E-state index contributed by atoms with van der Waals surface area (Å²) in [6.07, 6.45) is 1.90. The number of fused-ring (bicyclic) bond motifs is 1. The second kappa shape index (κ2) is 8.73. The molecule has 28 heavy (non-hydrogen) atoms. The molecule has 0 radical (unpaired) electrons. The summed E-state index contributed by atoms with van der Waals surface area (Å²) in [4.78, 5) is 16.9. The summed E-state index contributed by atoms with van der Waals surface area (Å²) in [7, 11) is 0. The predicted octanol–water partition coefficient (Wildman–Crippen LogP) is 3.55. The van der Waals surface area contributed by atoms with Gasteiger partial charge < -0.3 is 14.8 Å². The molecule has 0 atom stereocenters. The van der Waals surface area contributed by atoms with Crippen LogP contribution in [-0.4, -0.2) is 35.1 Å². The minimum Gasteiger partial charge on any atom is -0.490 e. The zero-order valence-corrected chi connectivity index (χ0v) is 16.3. The van der Waals surface area contributed by atoms with E-state index in [9.17, 15) is 9.18 Å². The third-order valence-electron chi connectivity index (χ3n) is 4.28. The van der Waals surface area contributed by atoms with Crippen LogP contribution < -0.4 is 14.8 Å². The normalized spacial score (nSPS) is 10.9. The molecule has 7 heteroatoms. The van der Waals surface area contributed by atoms with Gasteiger partial charge in [0.15, 0.2) is 11.5 Å². The summed E-state index contributed by atoms with van der Waals surface area (Å²) in [5.74, 6) is 0.699. The van der Waals surface area contributed by atoms with E-state index in [1.807, 2.05) is 32.0 Å². The van der Waals surface area contributed by atoms with Crippen molar-refractivity contribution in [2.24, 2.45) is 0 Å². The molecule has 0 saturated carbocycles. The number of carbonyl (C=O) groups is 1. The van der Waals surface area contributed by atoms with E-state index in [2.05, 4.69) is 10.3 Å². The first kappa shape index (κ1) is 19.7. The molecule has 2 aromatic heterocycles. The highest BCUT2D eigenvalue weighted by Gasteiger charge is 2.16. The molecule has 1 amide bonds. The van der Waals surface area contributed by atoms with E-state index in [1.54, 1.807) is 13.0 Å². The molecule has 1 N–H and O–H groups in total. The quantitative estimate of drug-likeness (QED) is 0.644. The first-order chi connectivity index (χ1) is 13.5. The fourth-order valence-electron chi connectivity index (χ4n) is 3.07. The van der Waals surface area contributed by atoms with Gasteiger partial charge in [-0.05, 0) is 57.0 Å². The molecular formula is C21H24FN3O3. The summed E-state index contributed by atoms with van der Waals surface area (Å²) in [5, 5.41) is 2.88. The Morgan fingerprint density at radius 1 is 1.14 bits per heavy atom. The molecule has 1 aromatic carbocycles. The number of ether oxygens (including phenoxy) is 2. The molecule has 0 saturated heterocycles. The molecule has 0 spiro atoms. The van der Waals surface area contributed by atoms with Crippen molar-refractivity contribution < 1.29 is 18.7 Å². The topological polar surface area (TPSA) is 64.9 Å². The number of halogens is 1. The monoisotopic (exact) mass is 385 g/mol. The highest BCUT2D eigenvalue weighted by atomic mass is 19.1. The van der Waals surface area contributed by atoms with E-state index in [0.717, 1.165) is 5.56 Å². The number of amides is 1. The van der Waals surface area contributed by atoms with Crippen molar-refractivity contribution in [3.8, 4) is 11.5 Å². The van der Waals surface area contributed by atoms with E-state index in [4.69, 9.17) is 9.47 Å². The lowest BCUT2D eigenvalue weighted by Crippen LogP contribution is -2.27. The molecule has 3 aromatic rings. The van der Waals surface area contributed by atoms with Crippen molar-refractivity contribution in [2.45, 2.75) is 27.2 Å². The number of aromatic nitrogens is 2. The van der Waals surface area contributed by atoms with Gasteiger partial charge in [0.2, 0.25) is 0 Å². The van der Waals surface area contributed by atoms with E-state index < -0.39 is 5.82 Å². The third-order valence-corrected chi connectivity index (χ3v) is 4.28. The largest absolute Gasteiger partial charge is 0.490 e. The Balaban J connectivity index is 1.68. The Labute approximate surface area is 163 Å². The maximum Gasteiger partial charge on any atom is 0.270 e. The van der Waals surface area contributed by atoms with Gasteiger partial charge in [-0.2, -0.15) is 0 Å². The number of hydrogen-bond acceptors (Lipinski definition) is 4. The molecule has 0 fully saturated rings. The van der Waals surface area contributed by atoms with E-state index in [0.29, 0.717) is 54.7 Å². The van der Waals surface area contributed by atoms with E-state index in [1.165, 1.54) is 16.7 Å². The van der Waals surface area contributed by atoms with Crippen molar-refractivity contribution in [1.29, 1.82) is 0 Å². The Bertz CT molecular complexity index is 984. The van der Waals surface area contributed by atoms with Gasteiger partial charge in [-0.1, -0.05) is 6.07 Å². The van der Waals surface area contributed by atoms with Crippen LogP contribution >= 0.6 is 0 Å². The highest BCUT2D eigenvalue weighted by Crippen LogP contribution is 2.28. The highest BCUT2D eigenvalue weighted by molar-refractivity contribution is 5.94. The molecule has 0 aliphatic heterocycles. The number of aryl methyl sites for hydroxylation is 1. The van der Waals surface area contributed by atoms with Crippen molar-refractivity contribution >= 4 is 11.6 Å². The number of rotatable bonds is 8. The van der Waals surface area contributed by atoms with E-state index in [-0.39, 0.29) is 5.91 Å². The smallest absolute Gasteiger partial charge is 0.270 e. The molecular weight excluding hydrogens is 361 g/mol. The zero-order valence-electron chi connectivity index (χ0n) is 16.3. The van der Waals surface area contributed by atoms with Crippen LogP contribution in [0.1, 0.15) is 35.6 Å². The predicted molar refractivity (Wildman–Crippen MR) is 105 cm³/mol. The molecule has 0 unspecified atom stereocenters. The summed E-state index contributed by atoms with van der Waals surface area (Å²) < 4.78 is 26.2. The Kier molecular flexibility index (Phi) is 6.13. The molecule has 148 valence electrons. The van der Waals surface area contributed by atoms with Crippen LogP contribution in [0.4, 0.5) is 4.39 Å². The number of hydrogen-bond donors (Lipinski definition) is 1. The van der Waals surface area contributed by atoms with Crippen molar-refractivity contribution in [3.63, 3.8) is 0 Å². The number of benzene rings is 1. The standard InChI is InChI=1S/C21H24FN3O3/c1-4-27-17-8-6-15(12-18(17)28-5-2)10-11-23-21(26)20-14(3)24-19-9-7-16(22)13-25(19)20/h6-9,12-13H,4-5,10-11H2,1-3H3,(H,23,26). The maximum atomic E-state index is 13.5. The van der Waals surface area contributed by atoms with Gasteiger partial charge in [-0.25, -0.2) is 9.37 Å². The van der Waals surface area contributed by atoms with Gasteiger partial charge in [0.25, 0.3) is 5.91 Å². The van der Waals surface area contributed by atoms with Gasteiger partial charge in [-0.3, -0.25) is 9.20 Å². The van der Waals surface area contributed by atoms with Crippen LogP contribution in [0.3, 0.4) is 0 Å². The van der Waals surface area contributed by atoms with Gasteiger partial charge in [0, 0.05) is 12.7 Å². The lowest BCUT2D eigenvalue weighted by Gasteiger charge is -2.12. The Hall–Kier alpha value is -3.09. The van der Waals surface area contributed by atoms with Gasteiger partial charge in [0.05, 0.1) is 18.9 Å². The summed E-state index contributed by atoms with van der Waals surface area (Å²) in [6, 6.07) is 8.63. The van der Waals surface area contributed by atoms with Crippen molar-refractivity contribution in [3.05, 3.63) is 59.3 Å². The van der Waals surface area contributed by atoms with Crippen LogP contribution in [0.25, 0.3) is 5.65 Å². The molecule has 0 aliphatic rings. The lowest BCUT2D eigenvalue weighted by atomic mass is 10.1. The number of carbonyl (C=O) groups excluding carboxylic acids is 1. The third kappa shape index (κ3) is 4.24. The van der Waals surface area contributed by atoms with Crippen LogP contribution in [-0.2, 0) is 6.42 Å². The lowest BCUT2D eigenvalue weighted by molar-refractivity contribution is 0.0947. The second-order valence-corrected chi connectivity index (χ2v) is 6.27. The van der Waals surface area contributed by atoms with E-state index >= 15 is 0 Å². The molecule has 2 heterocycles. The fourth-order valence-corrected chi connectivity index (χ4v) is 3.07. The number of nitrogens with zero attached hydrogens (tertiary/aromatic N) is 2. The van der Waals surface area contributed by atoms with Gasteiger partial charge in [-0.15, -0.1) is 0 Å².